The standard InChI is InChI=1S/C26H30N2O6/c29-15-6-2-5-14-28-22-24(31)27(17-18-9-3-1-4-10-18)13-8-12-26(22)21(23(28)30)20-19(34-26)11-7-16-33-25(20)32/h1,3-4,7-12,19-22,29H,2,5-6,13-17H2/t19-,20+,21+,22?,26+/m1/s1. The molecule has 34 heavy (non-hydrogen) atoms. The van der Waals surface area contributed by atoms with E-state index in [1.807, 2.05) is 42.5 Å². The zero-order chi connectivity index (χ0) is 23.7. The van der Waals surface area contributed by atoms with Crippen LogP contribution in [0.2, 0.25) is 0 Å². The molecule has 180 valence electrons. The lowest BCUT2D eigenvalue weighted by molar-refractivity contribution is -0.153. The summed E-state index contributed by atoms with van der Waals surface area (Å²) in [7, 11) is 0. The minimum absolute atomic E-state index is 0.0848. The van der Waals surface area contributed by atoms with Gasteiger partial charge in [-0.15, -0.1) is 0 Å². The maximum absolute atomic E-state index is 14.0. The molecule has 0 bridgehead atoms. The van der Waals surface area contributed by atoms with E-state index in [4.69, 9.17) is 14.6 Å². The Morgan fingerprint density at radius 3 is 2.65 bits per heavy atom. The molecule has 4 heterocycles. The minimum atomic E-state index is -1.22. The Labute approximate surface area is 198 Å². The van der Waals surface area contributed by atoms with Gasteiger partial charge in [0.2, 0.25) is 11.8 Å². The highest BCUT2D eigenvalue weighted by molar-refractivity contribution is 5.99. The van der Waals surface area contributed by atoms with Crippen LogP contribution in [0.25, 0.3) is 0 Å². The van der Waals surface area contributed by atoms with Crippen molar-refractivity contribution in [1.82, 2.24) is 9.80 Å². The monoisotopic (exact) mass is 466 g/mol. The number of carbonyl (C=O) groups is 3. The molecule has 5 rings (SSSR count). The van der Waals surface area contributed by atoms with Crippen molar-refractivity contribution < 1.29 is 29.0 Å². The molecule has 1 spiro atoms. The smallest absolute Gasteiger partial charge is 0.313 e. The summed E-state index contributed by atoms with van der Waals surface area (Å²) in [4.78, 5) is 44.0. The number of fused-ring (bicyclic) bond motifs is 2. The predicted octanol–water partition coefficient (Wildman–Crippen LogP) is 1.44. The van der Waals surface area contributed by atoms with Crippen LogP contribution in [-0.4, -0.2) is 76.7 Å². The van der Waals surface area contributed by atoms with Crippen LogP contribution in [0, 0.1) is 11.8 Å². The molecule has 5 atom stereocenters. The molecule has 2 amide bonds. The molecule has 1 aromatic carbocycles. The van der Waals surface area contributed by atoms with E-state index < -0.39 is 35.6 Å². The highest BCUT2D eigenvalue weighted by Crippen LogP contribution is 2.53. The number of unbranched alkanes of at least 4 members (excludes halogenated alkanes) is 2. The molecule has 4 aliphatic rings. The van der Waals surface area contributed by atoms with Crippen molar-refractivity contribution in [3.05, 3.63) is 60.2 Å². The topological polar surface area (TPSA) is 96.4 Å². The third kappa shape index (κ3) is 3.75. The summed E-state index contributed by atoms with van der Waals surface area (Å²) >= 11 is 0. The van der Waals surface area contributed by atoms with E-state index in [2.05, 4.69) is 0 Å². The number of benzene rings is 1. The van der Waals surface area contributed by atoms with Crippen molar-refractivity contribution in [3.8, 4) is 0 Å². The van der Waals surface area contributed by atoms with Gasteiger partial charge in [-0.1, -0.05) is 48.6 Å². The van der Waals surface area contributed by atoms with Crippen molar-refractivity contribution in [1.29, 1.82) is 0 Å². The van der Waals surface area contributed by atoms with Gasteiger partial charge in [0, 0.05) is 26.2 Å². The van der Waals surface area contributed by atoms with Crippen LogP contribution in [0.5, 0.6) is 0 Å². The van der Waals surface area contributed by atoms with Crippen LogP contribution in [0.15, 0.2) is 54.6 Å². The summed E-state index contributed by atoms with van der Waals surface area (Å²) in [5.74, 6) is -2.48. The fourth-order valence-corrected chi connectivity index (χ4v) is 5.77. The number of aliphatic hydroxyl groups is 1. The minimum Gasteiger partial charge on any atom is -0.461 e. The predicted molar refractivity (Wildman–Crippen MR) is 122 cm³/mol. The number of amides is 2. The molecule has 0 aromatic heterocycles. The fraction of sp³-hybridized carbons (Fsp3) is 0.500. The number of rotatable bonds is 7. The summed E-state index contributed by atoms with van der Waals surface area (Å²) in [6.07, 6.45) is 8.65. The highest BCUT2D eigenvalue weighted by Gasteiger charge is 2.71. The summed E-state index contributed by atoms with van der Waals surface area (Å²) < 4.78 is 11.8. The van der Waals surface area contributed by atoms with Gasteiger partial charge in [0.25, 0.3) is 0 Å². The molecular formula is C26H30N2O6. The molecule has 0 aliphatic carbocycles. The molecule has 4 aliphatic heterocycles. The largest absolute Gasteiger partial charge is 0.461 e. The first-order chi connectivity index (χ1) is 16.6. The molecule has 1 aromatic rings. The van der Waals surface area contributed by atoms with Crippen molar-refractivity contribution >= 4 is 17.8 Å². The van der Waals surface area contributed by atoms with Gasteiger partial charge in [-0.25, -0.2) is 0 Å². The molecule has 8 nitrogen and oxygen atoms in total. The molecule has 1 unspecified atom stereocenters. The quantitative estimate of drug-likeness (QED) is 0.371. The normalized spacial score (nSPS) is 32.2. The lowest BCUT2D eigenvalue weighted by Gasteiger charge is -2.35. The maximum atomic E-state index is 14.0. The Balaban J connectivity index is 1.51. The number of nitrogens with zero attached hydrogens (tertiary/aromatic N) is 2. The summed E-state index contributed by atoms with van der Waals surface area (Å²) in [5.41, 5.74) is -0.216. The van der Waals surface area contributed by atoms with E-state index in [0.717, 1.165) is 12.0 Å². The second-order valence-corrected chi connectivity index (χ2v) is 9.32. The Bertz CT molecular complexity index is 1010. The van der Waals surface area contributed by atoms with Gasteiger partial charge in [0.1, 0.15) is 24.2 Å². The van der Waals surface area contributed by atoms with Gasteiger partial charge in [0.05, 0.1) is 12.0 Å². The van der Waals surface area contributed by atoms with Crippen LogP contribution < -0.4 is 0 Å². The van der Waals surface area contributed by atoms with Gasteiger partial charge >= 0.3 is 5.97 Å². The SMILES string of the molecule is O=C1OCC=C[C@H]2O[C@]34C=CCN(Cc5ccccc5)C(=O)C3N(CCCCCO)C(=O)[C@@H]4[C@@H]12. The van der Waals surface area contributed by atoms with Crippen molar-refractivity contribution in [3.63, 3.8) is 0 Å². The molecule has 0 saturated carbocycles. The van der Waals surface area contributed by atoms with Crippen LogP contribution in [0.4, 0.5) is 0 Å². The first-order valence-corrected chi connectivity index (χ1v) is 12.0. The van der Waals surface area contributed by atoms with E-state index in [9.17, 15) is 14.4 Å². The number of aliphatic hydroxyl groups excluding tert-OH is 1. The zero-order valence-electron chi connectivity index (χ0n) is 19.0. The van der Waals surface area contributed by atoms with E-state index in [1.165, 1.54) is 0 Å². The Morgan fingerprint density at radius 2 is 1.85 bits per heavy atom. The van der Waals surface area contributed by atoms with Gasteiger partial charge < -0.3 is 24.4 Å². The number of carbonyl (C=O) groups excluding carboxylic acids is 3. The average Bonchev–Trinajstić information content (AvgIpc) is 3.14. The summed E-state index contributed by atoms with van der Waals surface area (Å²) in [5, 5.41) is 9.14. The maximum Gasteiger partial charge on any atom is 0.313 e. The van der Waals surface area contributed by atoms with E-state index in [0.29, 0.717) is 32.5 Å². The van der Waals surface area contributed by atoms with Crippen LogP contribution in [-0.2, 0) is 30.4 Å². The number of hydrogen-bond donors (Lipinski definition) is 1. The van der Waals surface area contributed by atoms with Crippen LogP contribution in [0.3, 0.4) is 0 Å². The molecule has 8 heteroatoms. The number of cyclic esters (lactones) is 1. The Morgan fingerprint density at radius 1 is 1.03 bits per heavy atom. The highest BCUT2D eigenvalue weighted by atomic mass is 16.6. The second-order valence-electron chi connectivity index (χ2n) is 9.32. The average molecular weight is 467 g/mol. The fourth-order valence-electron chi connectivity index (χ4n) is 5.77. The zero-order valence-corrected chi connectivity index (χ0v) is 19.0. The van der Waals surface area contributed by atoms with Crippen LogP contribution >= 0.6 is 0 Å². The van der Waals surface area contributed by atoms with E-state index >= 15 is 0 Å². The van der Waals surface area contributed by atoms with E-state index in [-0.39, 0.29) is 25.0 Å². The number of esters is 1. The molecule has 0 radical (unpaired) electrons. The summed E-state index contributed by atoms with van der Waals surface area (Å²) in [6.45, 7) is 1.41. The lowest BCUT2D eigenvalue weighted by atomic mass is 9.78. The molecular weight excluding hydrogens is 436 g/mol. The first-order valence-electron chi connectivity index (χ1n) is 12.0. The van der Waals surface area contributed by atoms with Gasteiger partial charge in [-0.2, -0.15) is 0 Å². The van der Waals surface area contributed by atoms with Crippen molar-refractivity contribution in [2.24, 2.45) is 11.8 Å². The Hall–Kier alpha value is -2.97. The van der Waals surface area contributed by atoms with Gasteiger partial charge in [0.15, 0.2) is 0 Å². The van der Waals surface area contributed by atoms with Gasteiger partial charge in [-0.05, 0) is 30.9 Å². The summed E-state index contributed by atoms with van der Waals surface area (Å²) in [6, 6.07) is 8.89. The van der Waals surface area contributed by atoms with E-state index in [1.54, 1.807) is 22.0 Å². The first kappa shape index (κ1) is 22.8. The number of ether oxygens (including phenoxy) is 2. The second kappa shape index (κ2) is 9.35. The Kier molecular flexibility index (Phi) is 6.27. The lowest BCUT2D eigenvalue weighted by Crippen LogP contribution is -2.55. The van der Waals surface area contributed by atoms with Crippen molar-refractivity contribution in [2.75, 3.05) is 26.3 Å². The molecule has 2 saturated heterocycles. The number of likely N-dealkylation sites (tertiary alicyclic amines) is 1. The van der Waals surface area contributed by atoms with Crippen molar-refractivity contribution in [2.45, 2.75) is 43.6 Å². The number of hydrogen-bond acceptors (Lipinski definition) is 6. The van der Waals surface area contributed by atoms with Gasteiger partial charge in [-0.3, -0.25) is 14.4 Å². The third-order valence-electron chi connectivity index (χ3n) is 7.27. The van der Waals surface area contributed by atoms with Crippen LogP contribution in [0.1, 0.15) is 24.8 Å². The third-order valence-corrected chi connectivity index (χ3v) is 7.27. The molecule has 2 fully saturated rings. The molecule has 1 N–H and O–H groups in total.